The minimum Gasteiger partial charge on any atom is -0.465 e. The second-order valence-corrected chi connectivity index (χ2v) is 6.25. The standard InChI is InChI=1S/C19H18FN5O2/c1-10-4-5-12(18(26)27-3)15(20)14(10)13-8-11-9-23-19(21-2)24-16(11)25-7-6-22-17(13)25/h4-5,8-9H,6-7H2,1-3H3,(H,21,23,24). The molecule has 2 aliphatic heterocycles. The van der Waals surface area contributed by atoms with E-state index in [1.165, 1.54) is 13.2 Å². The Morgan fingerprint density at radius 3 is 2.93 bits per heavy atom. The maximum Gasteiger partial charge on any atom is 0.340 e. The van der Waals surface area contributed by atoms with Gasteiger partial charge in [0.15, 0.2) is 0 Å². The lowest BCUT2D eigenvalue weighted by atomic mass is 9.92. The quantitative estimate of drug-likeness (QED) is 0.840. The molecule has 0 amide bonds. The lowest BCUT2D eigenvalue weighted by Gasteiger charge is -2.28. The Morgan fingerprint density at radius 2 is 2.19 bits per heavy atom. The number of nitrogens with zero attached hydrogens (tertiary/aromatic N) is 4. The highest BCUT2D eigenvalue weighted by atomic mass is 19.1. The number of benzene rings is 1. The number of aryl methyl sites for hydroxylation is 1. The molecular weight excluding hydrogens is 349 g/mol. The van der Waals surface area contributed by atoms with E-state index in [0.717, 1.165) is 11.4 Å². The summed E-state index contributed by atoms with van der Waals surface area (Å²) < 4.78 is 20.0. The van der Waals surface area contributed by atoms with E-state index in [4.69, 9.17) is 4.74 Å². The predicted octanol–water partition coefficient (Wildman–Crippen LogP) is 2.53. The summed E-state index contributed by atoms with van der Waals surface area (Å²) in [5.74, 6) is 0.562. The maximum absolute atomic E-state index is 15.3. The normalized spacial score (nSPS) is 14.9. The van der Waals surface area contributed by atoms with Gasteiger partial charge < -0.3 is 15.0 Å². The van der Waals surface area contributed by atoms with E-state index in [-0.39, 0.29) is 5.56 Å². The second kappa shape index (κ2) is 6.46. The molecule has 4 rings (SSSR count). The van der Waals surface area contributed by atoms with E-state index in [1.807, 2.05) is 11.0 Å². The molecule has 0 fully saturated rings. The predicted molar refractivity (Wildman–Crippen MR) is 102 cm³/mol. The Balaban J connectivity index is 1.94. The Hall–Kier alpha value is -3.29. The van der Waals surface area contributed by atoms with Gasteiger partial charge in [0.05, 0.1) is 19.2 Å². The van der Waals surface area contributed by atoms with Gasteiger partial charge in [-0.25, -0.2) is 14.2 Å². The number of rotatable bonds is 3. The van der Waals surface area contributed by atoms with Crippen molar-refractivity contribution in [3.63, 3.8) is 0 Å². The highest BCUT2D eigenvalue weighted by molar-refractivity contribution is 6.36. The number of anilines is 2. The molecule has 0 saturated heterocycles. The Labute approximate surface area is 155 Å². The third-order valence-electron chi connectivity index (χ3n) is 4.68. The molecule has 1 aromatic heterocycles. The molecule has 8 heteroatoms. The molecular formula is C19H18FN5O2. The Bertz CT molecular complexity index is 1020. The minimum absolute atomic E-state index is 0.100. The van der Waals surface area contributed by atoms with Gasteiger partial charge in [-0.05, 0) is 24.6 Å². The van der Waals surface area contributed by atoms with Crippen LogP contribution in [0.5, 0.6) is 0 Å². The van der Waals surface area contributed by atoms with E-state index >= 15 is 4.39 Å². The summed E-state index contributed by atoms with van der Waals surface area (Å²) in [6.45, 7) is 3.04. The number of amidine groups is 1. The van der Waals surface area contributed by atoms with Crippen LogP contribution in [0.4, 0.5) is 16.2 Å². The summed E-state index contributed by atoms with van der Waals surface area (Å²) in [6.07, 6.45) is 3.52. The molecule has 0 radical (unpaired) electrons. The molecule has 1 N–H and O–H groups in total. The van der Waals surface area contributed by atoms with Gasteiger partial charge in [0.2, 0.25) is 5.95 Å². The van der Waals surface area contributed by atoms with Crippen LogP contribution in [0.3, 0.4) is 0 Å². The lowest BCUT2D eigenvalue weighted by Crippen LogP contribution is -2.33. The molecule has 0 saturated carbocycles. The maximum atomic E-state index is 15.3. The number of fused-ring (bicyclic) bond motifs is 3. The van der Waals surface area contributed by atoms with Crippen LogP contribution in [0.2, 0.25) is 0 Å². The molecule has 2 aliphatic rings. The van der Waals surface area contributed by atoms with Crippen molar-refractivity contribution >= 4 is 35.2 Å². The van der Waals surface area contributed by atoms with E-state index < -0.39 is 11.8 Å². The first kappa shape index (κ1) is 17.1. The number of nitrogens with one attached hydrogen (secondary N) is 1. The molecule has 1 aromatic carbocycles. The van der Waals surface area contributed by atoms with Crippen molar-refractivity contribution in [3.05, 3.63) is 46.4 Å². The second-order valence-electron chi connectivity index (χ2n) is 6.25. The molecule has 27 heavy (non-hydrogen) atoms. The zero-order valence-electron chi connectivity index (χ0n) is 15.2. The first-order valence-corrected chi connectivity index (χ1v) is 8.51. The number of aromatic nitrogens is 2. The number of carbonyl (C=O) groups is 1. The summed E-state index contributed by atoms with van der Waals surface area (Å²) in [6, 6.07) is 3.15. The highest BCUT2D eigenvalue weighted by Crippen LogP contribution is 2.37. The first-order valence-electron chi connectivity index (χ1n) is 8.51. The van der Waals surface area contributed by atoms with Gasteiger partial charge in [0.1, 0.15) is 17.5 Å². The largest absolute Gasteiger partial charge is 0.465 e. The van der Waals surface area contributed by atoms with Crippen LogP contribution in [0.25, 0.3) is 11.6 Å². The van der Waals surface area contributed by atoms with Gasteiger partial charge in [-0.15, -0.1) is 0 Å². The van der Waals surface area contributed by atoms with Crippen molar-refractivity contribution in [2.75, 3.05) is 37.5 Å². The summed E-state index contributed by atoms with van der Waals surface area (Å²) in [5, 5.41) is 2.92. The van der Waals surface area contributed by atoms with Crippen LogP contribution in [-0.4, -0.2) is 49.0 Å². The molecule has 0 atom stereocenters. The molecule has 0 aliphatic carbocycles. The van der Waals surface area contributed by atoms with Crippen LogP contribution >= 0.6 is 0 Å². The highest BCUT2D eigenvalue weighted by Gasteiger charge is 2.33. The number of hydrogen-bond donors (Lipinski definition) is 1. The van der Waals surface area contributed by atoms with Crippen molar-refractivity contribution < 1.29 is 13.9 Å². The average molecular weight is 367 g/mol. The van der Waals surface area contributed by atoms with Crippen LogP contribution < -0.4 is 10.2 Å². The SMILES string of the molecule is CNc1ncc2c(n1)N1CCN=C1C(c1c(C)ccc(C(=O)OC)c1F)=C2. The summed E-state index contributed by atoms with van der Waals surface area (Å²) in [4.78, 5) is 27.2. The molecule has 0 bridgehead atoms. The number of carbonyl (C=O) groups excluding carboxylic acids is 1. The van der Waals surface area contributed by atoms with Crippen molar-refractivity contribution in [2.24, 2.45) is 4.99 Å². The average Bonchev–Trinajstić information content (AvgIpc) is 3.17. The van der Waals surface area contributed by atoms with Crippen LogP contribution in [0.1, 0.15) is 27.0 Å². The third-order valence-corrected chi connectivity index (χ3v) is 4.68. The van der Waals surface area contributed by atoms with Gasteiger partial charge in [0, 0.05) is 36.5 Å². The number of aliphatic imine (C=N–C) groups is 1. The minimum atomic E-state index is -0.710. The molecule has 0 unspecified atom stereocenters. The molecule has 3 heterocycles. The van der Waals surface area contributed by atoms with Crippen molar-refractivity contribution in [3.8, 4) is 0 Å². The lowest BCUT2D eigenvalue weighted by molar-refractivity contribution is 0.0595. The van der Waals surface area contributed by atoms with Crippen molar-refractivity contribution in [1.29, 1.82) is 0 Å². The topological polar surface area (TPSA) is 79.7 Å². The van der Waals surface area contributed by atoms with Crippen LogP contribution in [-0.2, 0) is 4.74 Å². The number of hydrogen-bond acceptors (Lipinski definition) is 7. The smallest absolute Gasteiger partial charge is 0.340 e. The number of esters is 1. The molecule has 0 spiro atoms. The van der Waals surface area contributed by atoms with Crippen LogP contribution in [0, 0.1) is 12.7 Å². The van der Waals surface area contributed by atoms with E-state index in [1.54, 1.807) is 26.2 Å². The monoisotopic (exact) mass is 367 g/mol. The fraction of sp³-hybridized carbons (Fsp3) is 0.263. The fourth-order valence-electron chi connectivity index (χ4n) is 3.38. The summed E-state index contributed by atoms with van der Waals surface area (Å²) in [5.41, 5.74) is 2.33. The van der Waals surface area contributed by atoms with Crippen molar-refractivity contribution in [1.82, 2.24) is 9.97 Å². The van der Waals surface area contributed by atoms with E-state index in [9.17, 15) is 4.79 Å². The number of methoxy groups -OCH3 is 1. The van der Waals surface area contributed by atoms with Crippen molar-refractivity contribution in [2.45, 2.75) is 6.92 Å². The van der Waals surface area contributed by atoms with E-state index in [2.05, 4.69) is 20.3 Å². The summed E-state index contributed by atoms with van der Waals surface area (Å²) >= 11 is 0. The van der Waals surface area contributed by atoms with Gasteiger partial charge >= 0.3 is 5.97 Å². The van der Waals surface area contributed by atoms with Gasteiger partial charge in [-0.1, -0.05) is 6.07 Å². The number of ether oxygens (including phenoxy) is 1. The molecule has 138 valence electrons. The van der Waals surface area contributed by atoms with Gasteiger partial charge in [-0.2, -0.15) is 4.98 Å². The van der Waals surface area contributed by atoms with Crippen LogP contribution in [0.15, 0.2) is 23.3 Å². The summed E-state index contributed by atoms with van der Waals surface area (Å²) in [7, 11) is 2.98. The molecule has 7 nitrogen and oxygen atoms in total. The fourth-order valence-corrected chi connectivity index (χ4v) is 3.38. The zero-order chi connectivity index (χ0) is 19.1. The zero-order valence-corrected chi connectivity index (χ0v) is 15.2. The third kappa shape index (κ3) is 2.64. The first-order chi connectivity index (χ1) is 13.0. The van der Waals surface area contributed by atoms with Gasteiger partial charge in [-0.3, -0.25) is 4.99 Å². The Kier molecular flexibility index (Phi) is 4.10. The molecule has 2 aromatic rings. The van der Waals surface area contributed by atoms with Gasteiger partial charge in [0.25, 0.3) is 0 Å². The van der Waals surface area contributed by atoms with E-state index in [0.29, 0.717) is 41.6 Å². The Morgan fingerprint density at radius 1 is 1.37 bits per heavy atom. The number of halogens is 1.